The molecule has 0 saturated carbocycles. The van der Waals surface area contributed by atoms with Crippen LogP contribution in [0.2, 0.25) is 5.02 Å². The molecule has 0 aliphatic carbocycles. The van der Waals surface area contributed by atoms with Gasteiger partial charge in [0.1, 0.15) is 11.3 Å². The number of nitrogens with two attached hydrogens (primary N) is 1. The fourth-order valence-electron chi connectivity index (χ4n) is 1.83. The van der Waals surface area contributed by atoms with Gasteiger partial charge in [-0.2, -0.15) is 0 Å². The second kappa shape index (κ2) is 4.39. The third-order valence-corrected chi connectivity index (χ3v) is 3.03. The molecule has 3 N–H and O–H groups in total. The van der Waals surface area contributed by atoms with Gasteiger partial charge in [0, 0.05) is 17.0 Å². The Morgan fingerprint density at radius 2 is 2.18 bits per heavy atom. The molecule has 0 spiro atoms. The highest BCUT2D eigenvalue weighted by Gasteiger charge is 2.12. The molecule has 0 aliphatic heterocycles. The zero-order valence-corrected chi connectivity index (χ0v) is 10.0. The Bertz CT molecular complexity index is 634. The van der Waals surface area contributed by atoms with Crippen LogP contribution in [-0.2, 0) is 6.42 Å². The first-order valence-electron chi connectivity index (χ1n) is 5.19. The minimum atomic E-state index is -0.414. The molecule has 0 atom stereocenters. The predicted octanol–water partition coefficient (Wildman–Crippen LogP) is 1.96. The van der Waals surface area contributed by atoms with Gasteiger partial charge in [-0.1, -0.05) is 11.6 Å². The molecule has 0 bridgehead atoms. The van der Waals surface area contributed by atoms with E-state index in [0.29, 0.717) is 24.1 Å². The van der Waals surface area contributed by atoms with E-state index in [-0.39, 0.29) is 10.8 Å². The SMILES string of the molecule is Cc1c(CCN)c2cc(Cl)c(O)cc2oc1=O. The molecule has 1 aromatic heterocycles. The third-order valence-electron chi connectivity index (χ3n) is 2.73. The van der Waals surface area contributed by atoms with Gasteiger partial charge in [-0.15, -0.1) is 0 Å². The highest BCUT2D eigenvalue weighted by Crippen LogP contribution is 2.30. The van der Waals surface area contributed by atoms with Crippen LogP contribution >= 0.6 is 11.6 Å². The maximum atomic E-state index is 11.6. The lowest BCUT2D eigenvalue weighted by Crippen LogP contribution is -2.12. The second-order valence-corrected chi connectivity index (χ2v) is 4.24. The van der Waals surface area contributed by atoms with E-state index in [0.717, 1.165) is 10.9 Å². The summed E-state index contributed by atoms with van der Waals surface area (Å²) in [6, 6.07) is 2.94. The van der Waals surface area contributed by atoms with Crippen LogP contribution in [0.5, 0.6) is 5.75 Å². The largest absolute Gasteiger partial charge is 0.506 e. The normalized spacial score (nSPS) is 11.0. The first-order chi connectivity index (χ1) is 8.04. The van der Waals surface area contributed by atoms with Gasteiger partial charge < -0.3 is 15.3 Å². The summed E-state index contributed by atoms with van der Waals surface area (Å²) in [7, 11) is 0. The van der Waals surface area contributed by atoms with E-state index in [9.17, 15) is 9.90 Å². The van der Waals surface area contributed by atoms with Crippen molar-refractivity contribution in [2.75, 3.05) is 6.54 Å². The van der Waals surface area contributed by atoms with E-state index >= 15 is 0 Å². The molecule has 90 valence electrons. The van der Waals surface area contributed by atoms with Crippen LogP contribution in [0.15, 0.2) is 21.3 Å². The summed E-state index contributed by atoms with van der Waals surface area (Å²) in [5.41, 5.74) is 6.79. The number of hydrogen-bond acceptors (Lipinski definition) is 4. The van der Waals surface area contributed by atoms with Crippen LogP contribution in [0.1, 0.15) is 11.1 Å². The standard InChI is InChI=1S/C12H12ClNO3/c1-6-7(2-3-14)8-4-9(13)10(15)5-11(8)17-12(6)16/h4-5,15H,2-3,14H2,1H3. The Hall–Kier alpha value is -1.52. The van der Waals surface area contributed by atoms with Gasteiger partial charge in [-0.3, -0.25) is 0 Å². The number of rotatable bonds is 2. The van der Waals surface area contributed by atoms with E-state index in [2.05, 4.69) is 0 Å². The highest BCUT2D eigenvalue weighted by molar-refractivity contribution is 6.32. The third kappa shape index (κ3) is 2.01. The Balaban J connectivity index is 2.88. The quantitative estimate of drug-likeness (QED) is 0.802. The Morgan fingerprint density at radius 1 is 1.47 bits per heavy atom. The zero-order valence-electron chi connectivity index (χ0n) is 9.29. The lowest BCUT2D eigenvalue weighted by Gasteiger charge is -2.08. The summed E-state index contributed by atoms with van der Waals surface area (Å²) in [4.78, 5) is 11.6. The molecule has 0 radical (unpaired) electrons. The van der Waals surface area contributed by atoms with E-state index in [1.165, 1.54) is 6.07 Å². The van der Waals surface area contributed by atoms with Crippen LogP contribution in [0.25, 0.3) is 11.0 Å². The minimum absolute atomic E-state index is 0.107. The average Bonchev–Trinajstić information content (AvgIpc) is 2.28. The molecule has 0 unspecified atom stereocenters. The van der Waals surface area contributed by atoms with Crippen molar-refractivity contribution in [2.45, 2.75) is 13.3 Å². The molecule has 1 heterocycles. The van der Waals surface area contributed by atoms with Crippen LogP contribution in [0.4, 0.5) is 0 Å². The van der Waals surface area contributed by atoms with Crippen molar-refractivity contribution in [1.29, 1.82) is 0 Å². The lowest BCUT2D eigenvalue weighted by molar-refractivity contribution is 0.473. The Kier molecular flexibility index (Phi) is 3.09. The van der Waals surface area contributed by atoms with Crippen LogP contribution in [0, 0.1) is 6.92 Å². The number of benzene rings is 1. The lowest BCUT2D eigenvalue weighted by atomic mass is 10.0. The number of phenolic OH excluding ortho intramolecular Hbond substituents is 1. The number of phenols is 1. The molecule has 0 amide bonds. The number of aromatic hydroxyl groups is 1. The van der Waals surface area contributed by atoms with Gasteiger partial charge in [-0.05, 0) is 31.5 Å². The molecule has 2 aromatic rings. The van der Waals surface area contributed by atoms with E-state index in [1.807, 2.05) is 0 Å². The van der Waals surface area contributed by atoms with Gasteiger partial charge in [0.05, 0.1) is 5.02 Å². The smallest absolute Gasteiger partial charge is 0.339 e. The van der Waals surface area contributed by atoms with Crippen molar-refractivity contribution in [1.82, 2.24) is 0 Å². The van der Waals surface area contributed by atoms with Crippen LogP contribution < -0.4 is 11.4 Å². The van der Waals surface area contributed by atoms with Crippen molar-refractivity contribution < 1.29 is 9.52 Å². The van der Waals surface area contributed by atoms with Gasteiger partial charge in [0.25, 0.3) is 0 Å². The molecule has 1 aromatic carbocycles. The maximum Gasteiger partial charge on any atom is 0.339 e. The van der Waals surface area contributed by atoms with Gasteiger partial charge in [0.2, 0.25) is 0 Å². The zero-order chi connectivity index (χ0) is 12.6. The first kappa shape index (κ1) is 12.0. The van der Waals surface area contributed by atoms with Crippen LogP contribution in [0.3, 0.4) is 0 Å². The van der Waals surface area contributed by atoms with Gasteiger partial charge in [-0.25, -0.2) is 4.79 Å². The monoisotopic (exact) mass is 253 g/mol. The molecule has 0 saturated heterocycles. The molecular formula is C12H12ClNO3. The molecular weight excluding hydrogens is 242 g/mol. The van der Waals surface area contributed by atoms with E-state index in [4.69, 9.17) is 21.8 Å². The van der Waals surface area contributed by atoms with E-state index < -0.39 is 5.63 Å². The number of halogens is 1. The van der Waals surface area contributed by atoms with Crippen molar-refractivity contribution in [2.24, 2.45) is 5.73 Å². The summed E-state index contributed by atoms with van der Waals surface area (Å²) in [6.45, 7) is 2.12. The summed E-state index contributed by atoms with van der Waals surface area (Å²) in [5, 5.41) is 10.4. The second-order valence-electron chi connectivity index (χ2n) is 3.83. The molecule has 2 rings (SSSR count). The summed E-state index contributed by atoms with van der Waals surface area (Å²) in [5.74, 6) is -0.107. The van der Waals surface area contributed by atoms with E-state index in [1.54, 1.807) is 13.0 Å². The molecule has 4 nitrogen and oxygen atoms in total. The van der Waals surface area contributed by atoms with Gasteiger partial charge in [0.15, 0.2) is 0 Å². The Morgan fingerprint density at radius 3 is 2.82 bits per heavy atom. The van der Waals surface area contributed by atoms with Crippen molar-refractivity contribution in [3.63, 3.8) is 0 Å². The maximum absolute atomic E-state index is 11.6. The topological polar surface area (TPSA) is 76.5 Å². The summed E-state index contributed by atoms with van der Waals surface area (Å²) in [6.07, 6.45) is 0.565. The van der Waals surface area contributed by atoms with Crippen molar-refractivity contribution in [3.05, 3.63) is 38.7 Å². The van der Waals surface area contributed by atoms with Gasteiger partial charge >= 0.3 is 5.63 Å². The predicted molar refractivity (Wildman–Crippen MR) is 66.7 cm³/mol. The van der Waals surface area contributed by atoms with Crippen molar-refractivity contribution >= 4 is 22.6 Å². The molecule has 17 heavy (non-hydrogen) atoms. The highest BCUT2D eigenvalue weighted by atomic mass is 35.5. The number of hydrogen-bond donors (Lipinski definition) is 2. The summed E-state index contributed by atoms with van der Waals surface area (Å²) >= 11 is 5.85. The fourth-order valence-corrected chi connectivity index (χ4v) is 1.99. The average molecular weight is 254 g/mol. The molecule has 0 aliphatic rings. The Labute approximate surface area is 103 Å². The minimum Gasteiger partial charge on any atom is -0.506 e. The molecule has 0 fully saturated rings. The summed E-state index contributed by atoms with van der Waals surface area (Å²) < 4.78 is 5.10. The first-order valence-corrected chi connectivity index (χ1v) is 5.57. The van der Waals surface area contributed by atoms with Crippen molar-refractivity contribution in [3.8, 4) is 5.75 Å². The molecule has 5 heteroatoms. The van der Waals surface area contributed by atoms with Crippen LogP contribution in [-0.4, -0.2) is 11.7 Å². The fraction of sp³-hybridized carbons (Fsp3) is 0.250. The number of fused-ring (bicyclic) bond motifs is 1.